The SMILES string of the molecule is O=Cc1c(Sc2ccc([N+](=O)[O-])cc2)nc2sccn12. The summed E-state index contributed by atoms with van der Waals surface area (Å²) in [6, 6.07) is 6.15. The highest BCUT2D eigenvalue weighted by Gasteiger charge is 2.14. The van der Waals surface area contributed by atoms with Crippen LogP contribution in [0.5, 0.6) is 0 Å². The third-order valence-corrected chi connectivity index (χ3v) is 4.40. The minimum atomic E-state index is -0.447. The summed E-state index contributed by atoms with van der Waals surface area (Å²) in [5.74, 6) is 0. The standard InChI is InChI=1S/C12H7N3O3S2/c16-7-10-11(13-12-14(10)5-6-19-12)20-9-3-1-8(2-4-9)15(17)18/h1-7H. The Hall–Kier alpha value is -2.19. The number of thiazole rings is 1. The van der Waals surface area contributed by atoms with Crippen molar-refractivity contribution in [2.45, 2.75) is 9.92 Å². The number of aldehydes is 1. The maximum Gasteiger partial charge on any atom is 0.269 e. The third-order valence-electron chi connectivity index (χ3n) is 2.64. The minimum absolute atomic E-state index is 0.0378. The van der Waals surface area contributed by atoms with Gasteiger partial charge in [0.15, 0.2) is 11.2 Å². The number of hydrogen-bond acceptors (Lipinski definition) is 6. The number of benzene rings is 1. The van der Waals surface area contributed by atoms with Crippen LogP contribution in [0.3, 0.4) is 0 Å². The van der Waals surface area contributed by atoms with Crippen LogP contribution < -0.4 is 0 Å². The highest BCUT2D eigenvalue weighted by molar-refractivity contribution is 7.99. The van der Waals surface area contributed by atoms with Crippen LogP contribution in [0.15, 0.2) is 45.8 Å². The van der Waals surface area contributed by atoms with Crippen LogP contribution in [0.1, 0.15) is 10.5 Å². The third kappa shape index (κ3) is 2.19. The summed E-state index contributed by atoms with van der Waals surface area (Å²) in [6.07, 6.45) is 2.55. The first kappa shape index (κ1) is 12.8. The highest BCUT2D eigenvalue weighted by atomic mass is 32.2. The fraction of sp³-hybridized carbons (Fsp3) is 0. The molecule has 3 aromatic rings. The molecule has 0 aliphatic carbocycles. The first-order chi connectivity index (χ1) is 9.69. The number of hydrogen-bond donors (Lipinski definition) is 0. The van der Waals surface area contributed by atoms with Gasteiger partial charge in [-0.15, -0.1) is 11.3 Å². The molecule has 0 fully saturated rings. The van der Waals surface area contributed by atoms with Crippen molar-refractivity contribution in [2.75, 3.05) is 0 Å². The van der Waals surface area contributed by atoms with E-state index in [1.54, 1.807) is 22.7 Å². The molecule has 0 amide bonds. The number of nitrogens with zero attached hydrogens (tertiary/aromatic N) is 3. The highest BCUT2D eigenvalue weighted by Crippen LogP contribution is 2.31. The van der Waals surface area contributed by atoms with E-state index in [4.69, 9.17) is 0 Å². The lowest BCUT2D eigenvalue weighted by atomic mass is 10.3. The zero-order valence-corrected chi connectivity index (χ0v) is 11.6. The van der Waals surface area contributed by atoms with E-state index in [9.17, 15) is 14.9 Å². The van der Waals surface area contributed by atoms with Crippen LogP contribution in [0.2, 0.25) is 0 Å². The topological polar surface area (TPSA) is 77.5 Å². The first-order valence-corrected chi connectivity index (χ1v) is 7.21. The molecule has 0 aliphatic rings. The van der Waals surface area contributed by atoms with Crippen molar-refractivity contribution in [1.29, 1.82) is 0 Å². The molecular weight excluding hydrogens is 298 g/mol. The zero-order chi connectivity index (χ0) is 14.1. The Bertz CT molecular complexity index is 792. The monoisotopic (exact) mass is 305 g/mol. The van der Waals surface area contributed by atoms with Gasteiger partial charge in [-0.2, -0.15) is 0 Å². The molecule has 0 bridgehead atoms. The summed E-state index contributed by atoms with van der Waals surface area (Å²) >= 11 is 2.76. The Kier molecular flexibility index (Phi) is 3.25. The van der Waals surface area contributed by atoms with Gasteiger partial charge in [0, 0.05) is 28.6 Å². The molecule has 0 spiro atoms. The molecule has 6 nitrogen and oxygen atoms in total. The Morgan fingerprint density at radius 2 is 2.10 bits per heavy atom. The van der Waals surface area contributed by atoms with E-state index in [1.165, 1.54) is 35.2 Å². The molecule has 3 rings (SSSR count). The van der Waals surface area contributed by atoms with Crippen LogP contribution in [0, 0.1) is 10.1 Å². The summed E-state index contributed by atoms with van der Waals surface area (Å²) < 4.78 is 1.73. The first-order valence-electron chi connectivity index (χ1n) is 5.52. The molecule has 0 saturated carbocycles. The summed E-state index contributed by atoms with van der Waals surface area (Å²) in [7, 11) is 0. The summed E-state index contributed by atoms with van der Waals surface area (Å²) in [4.78, 5) is 27.2. The van der Waals surface area contributed by atoms with E-state index in [-0.39, 0.29) is 5.69 Å². The Morgan fingerprint density at radius 3 is 2.75 bits per heavy atom. The fourth-order valence-corrected chi connectivity index (χ4v) is 3.37. The van der Waals surface area contributed by atoms with Crippen LogP contribution in [0.4, 0.5) is 5.69 Å². The van der Waals surface area contributed by atoms with Crippen molar-refractivity contribution in [3.63, 3.8) is 0 Å². The second-order valence-corrected chi connectivity index (χ2v) is 5.76. The van der Waals surface area contributed by atoms with Crippen molar-refractivity contribution < 1.29 is 9.72 Å². The number of carbonyl (C=O) groups is 1. The molecule has 8 heteroatoms. The Balaban J connectivity index is 1.94. The van der Waals surface area contributed by atoms with Gasteiger partial charge in [0.25, 0.3) is 5.69 Å². The van der Waals surface area contributed by atoms with E-state index < -0.39 is 4.92 Å². The molecule has 100 valence electrons. The number of rotatable bonds is 4. The molecule has 1 aromatic carbocycles. The van der Waals surface area contributed by atoms with Gasteiger partial charge in [0.05, 0.1) is 4.92 Å². The van der Waals surface area contributed by atoms with Gasteiger partial charge in [-0.3, -0.25) is 19.3 Å². The number of fused-ring (bicyclic) bond motifs is 1. The number of carbonyl (C=O) groups excluding carboxylic acids is 1. The number of imidazole rings is 1. The molecule has 0 saturated heterocycles. The normalized spacial score (nSPS) is 10.8. The molecule has 0 N–H and O–H groups in total. The van der Waals surface area contributed by atoms with E-state index in [0.29, 0.717) is 10.7 Å². The van der Waals surface area contributed by atoms with Crippen molar-refractivity contribution in [1.82, 2.24) is 9.38 Å². The van der Waals surface area contributed by atoms with E-state index in [0.717, 1.165) is 16.1 Å². The summed E-state index contributed by atoms with van der Waals surface area (Å²) in [5.41, 5.74) is 0.528. The molecule has 2 aromatic heterocycles. The van der Waals surface area contributed by atoms with Gasteiger partial charge >= 0.3 is 0 Å². The lowest BCUT2D eigenvalue weighted by molar-refractivity contribution is -0.384. The lowest BCUT2D eigenvalue weighted by Crippen LogP contribution is -1.89. The molecular formula is C12H7N3O3S2. The number of non-ortho nitro benzene ring substituents is 1. The van der Waals surface area contributed by atoms with Gasteiger partial charge < -0.3 is 0 Å². The second kappa shape index (κ2) is 5.06. The molecule has 0 atom stereocenters. The van der Waals surface area contributed by atoms with E-state index >= 15 is 0 Å². The maximum atomic E-state index is 11.2. The van der Waals surface area contributed by atoms with Crippen molar-refractivity contribution in [3.05, 3.63) is 51.7 Å². The molecule has 0 aliphatic heterocycles. The van der Waals surface area contributed by atoms with Gasteiger partial charge in [-0.1, -0.05) is 11.8 Å². The quantitative estimate of drug-likeness (QED) is 0.420. The van der Waals surface area contributed by atoms with Crippen molar-refractivity contribution in [2.24, 2.45) is 0 Å². The number of nitro benzene ring substituents is 1. The predicted octanol–water partition coefficient (Wildman–Crippen LogP) is 3.27. The molecule has 0 radical (unpaired) electrons. The fourth-order valence-electron chi connectivity index (χ4n) is 1.71. The van der Waals surface area contributed by atoms with Crippen LogP contribution in [-0.2, 0) is 0 Å². The average molecular weight is 305 g/mol. The summed E-state index contributed by atoms with van der Waals surface area (Å²) in [5, 5.41) is 13.0. The van der Waals surface area contributed by atoms with Crippen LogP contribution in [0.25, 0.3) is 4.96 Å². The van der Waals surface area contributed by atoms with E-state index in [2.05, 4.69) is 4.98 Å². The van der Waals surface area contributed by atoms with Crippen LogP contribution in [-0.4, -0.2) is 20.6 Å². The Labute approximate surface area is 121 Å². The Morgan fingerprint density at radius 1 is 1.35 bits per heavy atom. The van der Waals surface area contributed by atoms with Crippen LogP contribution >= 0.6 is 23.1 Å². The zero-order valence-electron chi connectivity index (χ0n) is 9.92. The summed E-state index contributed by atoms with van der Waals surface area (Å²) in [6.45, 7) is 0. The lowest BCUT2D eigenvalue weighted by Gasteiger charge is -1.98. The average Bonchev–Trinajstić information content (AvgIpc) is 2.99. The molecule has 20 heavy (non-hydrogen) atoms. The number of nitro groups is 1. The predicted molar refractivity (Wildman–Crippen MR) is 75.7 cm³/mol. The van der Waals surface area contributed by atoms with Gasteiger partial charge in [0.2, 0.25) is 0 Å². The van der Waals surface area contributed by atoms with Gasteiger partial charge in [0.1, 0.15) is 10.7 Å². The second-order valence-electron chi connectivity index (χ2n) is 3.83. The largest absolute Gasteiger partial charge is 0.296 e. The van der Waals surface area contributed by atoms with Crippen molar-refractivity contribution in [3.8, 4) is 0 Å². The minimum Gasteiger partial charge on any atom is -0.296 e. The molecule has 0 unspecified atom stereocenters. The van der Waals surface area contributed by atoms with Gasteiger partial charge in [-0.25, -0.2) is 4.98 Å². The maximum absolute atomic E-state index is 11.2. The van der Waals surface area contributed by atoms with Gasteiger partial charge in [-0.05, 0) is 12.1 Å². The number of aromatic nitrogens is 2. The smallest absolute Gasteiger partial charge is 0.269 e. The van der Waals surface area contributed by atoms with E-state index in [1.807, 2.05) is 5.38 Å². The van der Waals surface area contributed by atoms with Crippen molar-refractivity contribution >= 4 is 40.0 Å². The molecule has 2 heterocycles.